The van der Waals surface area contributed by atoms with Gasteiger partial charge in [0.05, 0.1) is 12.7 Å². The summed E-state index contributed by atoms with van der Waals surface area (Å²) in [4.78, 5) is 11.5. The maximum absolute atomic E-state index is 11.5. The van der Waals surface area contributed by atoms with Crippen LogP contribution in [-0.4, -0.2) is 49.5 Å². The molecule has 0 aromatic rings. The summed E-state index contributed by atoms with van der Waals surface area (Å²) >= 11 is 0. The molecule has 88 valence electrons. The smallest absolute Gasteiger partial charge is 0.250 e. The average Bonchev–Trinajstić information content (AvgIpc) is 2.26. The van der Waals surface area contributed by atoms with Gasteiger partial charge in [-0.1, -0.05) is 13.8 Å². The standard InChI is InChI=1S/C10H20N2O3/c1-7(2)8(13)5-12-10(14)9-6-11-3-4-15-9/h7-9,11,13H,3-6H2,1-2H3,(H,12,14). The van der Waals surface area contributed by atoms with E-state index in [1.807, 2.05) is 13.8 Å². The quantitative estimate of drug-likeness (QED) is 0.570. The third-order valence-electron chi connectivity index (χ3n) is 2.48. The van der Waals surface area contributed by atoms with Crippen molar-refractivity contribution in [1.82, 2.24) is 10.6 Å². The Morgan fingerprint density at radius 2 is 2.40 bits per heavy atom. The number of carbonyl (C=O) groups is 1. The van der Waals surface area contributed by atoms with E-state index in [0.29, 0.717) is 13.2 Å². The molecule has 1 aliphatic rings. The molecule has 5 nitrogen and oxygen atoms in total. The Hall–Kier alpha value is -0.650. The summed E-state index contributed by atoms with van der Waals surface area (Å²) in [5.41, 5.74) is 0. The molecule has 0 saturated carbocycles. The van der Waals surface area contributed by atoms with E-state index in [9.17, 15) is 9.90 Å². The van der Waals surface area contributed by atoms with Gasteiger partial charge in [-0.2, -0.15) is 0 Å². The molecule has 0 radical (unpaired) electrons. The SMILES string of the molecule is CC(C)C(O)CNC(=O)C1CNCCO1. The Balaban J connectivity index is 2.22. The van der Waals surface area contributed by atoms with Gasteiger partial charge in [-0.25, -0.2) is 0 Å². The number of morpholine rings is 1. The fraction of sp³-hybridized carbons (Fsp3) is 0.900. The molecule has 15 heavy (non-hydrogen) atoms. The van der Waals surface area contributed by atoms with E-state index in [-0.39, 0.29) is 18.4 Å². The third-order valence-corrected chi connectivity index (χ3v) is 2.48. The van der Waals surface area contributed by atoms with Gasteiger partial charge in [0.1, 0.15) is 6.10 Å². The molecule has 3 N–H and O–H groups in total. The van der Waals surface area contributed by atoms with E-state index < -0.39 is 12.2 Å². The summed E-state index contributed by atoms with van der Waals surface area (Å²) < 4.78 is 5.28. The predicted octanol–water partition coefficient (Wildman–Crippen LogP) is -0.892. The van der Waals surface area contributed by atoms with Crippen LogP contribution in [0, 0.1) is 5.92 Å². The number of hydrogen-bond donors (Lipinski definition) is 3. The fourth-order valence-corrected chi connectivity index (χ4v) is 1.29. The zero-order chi connectivity index (χ0) is 11.3. The van der Waals surface area contributed by atoms with Crippen LogP contribution < -0.4 is 10.6 Å². The van der Waals surface area contributed by atoms with E-state index in [2.05, 4.69) is 10.6 Å². The molecular formula is C10H20N2O3. The van der Waals surface area contributed by atoms with Crippen LogP contribution in [0.4, 0.5) is 0 Å². The summed E-state index contributed by atoms with van der Waals surface area (Å²) in [6.45, 7) is 6.01. The Morgan fingerprint density at radius 1 is 1.67 bits per heavy atom. The average molecular weight is 216 g/mol. The molecule has 0 spiro atoms. The van der Waals surface area contributed by atoms with Crippen molar-refractivity contribution in [3.05, 3.63) is 0 Å². The number of aliphatic hydroxyl groups is 1. The lowest BCUT2D eigenvalue weighted by molar-refractivity contribution is -0.134. The zero-order valence-electron chi connectivity index (χ0n) is 9.32. The molecule has 1 saturated heterocycles. The number of nitrogens with one attached hydrogen (secondary N) is 2. The number of rotatable bonds is 4. The molecule has 0 aromatic heterocycles. The molecule has 2 atom stereocenters. The molecule has 1 fully saturated rings. The van der Waals surface area contributed by atoms with Crippen LogP contribution in [0.5, 0.6) is 0 Å². The number of amides is 1. The largest absolute Gasteiger partial charge is 0.391 e. The fourth-order valence-electron chi connectivity index (χ4n) is 1.29. The molecule has 1 amide bonds. The van der Waals surface area contributed by atoms with Crippen molar-refractivity contribution < 1.29 is 14.6 Å². The summed E-state index contributed by atoms with van der Waals surface area (Å²) in [6, 6.07) is 0. The van der Waals surface area contributed by atoms with E-state index in [1.165, 1.54) is 0 Å². The Morgan fingerprint density at radius 3 is 2.93 bits per heavy atom. The second kappa shape index (κ2) is 6.05. The molecule has 1 aliphatic heterocycles. The highest BCUT2D eigenvalue weighted by atomic mass is 16.5. The lowest BCUT2D eigenvalue weighted by Crippen LogP contribution is -2.49. The van der Waals surface area contributed by atoms with Crippen molar-refractivity contribution in [2.75, 3.05) is 26.2 Å². The lowest BCUT2D eigenvalue weighted by Gasteiger charge is -2.23. The maximum atomic E-state index is 11.5. The molecule has 1 heterocycles. The van der Waals surface area contributed by atoms with Crippen molar-refractivity contribution >= 4 is 5.91 Å². The van der Waals surface area contributed by atoms with Crippen LogP contribution in [0.2, 0.25) is 0 Å². The molecule has 0 aromatic carbocycles. The predicted molar refractivity (Wildman–Crippen MR) is 56.5 cm³/mol. The van der Waals surface area contributed by atoms with Gasteiger partial charge in [-0.3, -0.25) is 4.79 Å². The van der Waals surface area contributed by atoms with Crippen molar-refractivity contribution in [1.29, 1.82) is 0 Å². The van der Waals surface area contributed by atoms with Crippen LogP contribution in [-0.2, 0) is 9.53 Å². The van der Waals surface area contributed by atoms with Gasteiger partial charge in [-0.15, -0.1) is 0 Å². The Kier molecular flexibility index (Phi) is 5.01. The second-order valence-electron chi connectivity index (χ2n) is 4.12. The highest BCUT2D eigenvalue weighted by Crippen LogP contribution is 2.00. The second-order valence-corrected chi connectivity index (χ2v) is 4.12. The van der Waals surface area contributed by atoms with E-state index in [4.69, 9.17) is 4.74 Å². The van der Waals surface area contributed by atoms with Crippen molar-refractivity contribution in [2.45, 2.75) is 26.1 Å². The molecule has 0 bridgehead atoms. The monoisotopic (exact) mass is 216 g/mol. The first-order chi connectivity index (χ1) is 7.11. The van der Waals surface area contributed by atoms with Gasteiger partial charge >= 0.3 is 0 Å². The van der Waals surface area contributed by atoms with Crippen LogP contribution in [0.1, 0.15) is 13.8 Å². The number of hydrogen-bond acceptors (Lipinski definition) is 4. The molecule has 0 aliphatic carbocycles. The first-order valence-electron chi connectivity index (χ1n) is 5.39. The summed E-state index contributed by atoms with van der Waals surface area (Å²) in [7, 11) is 0. The van der Waals surface area contributed by atoms with Crippen LogP contribution in [0.3, 0.4) is 0 Å². The number of ether oxygens (including phenoxy) is 1. The van der Waals surface area contributed by atoms with Crippen LogP contribution in [0.15, 0.2) is 0 Å². The minimum absolute atomic E-state index is 0.149. The van der Waals surface area contributed by atoms with Crippen molar-refractivity contribution in [2.24, 2.45) is 5.92 Å². The normalized spacial score (nSPS) is 23.9. The highest BCUT2D eigenvalue weighted by Gasteiger charge is 2.22. The van der Waals surface area contributed by atoms with Gasteiger partial charge in [0.15, 0.2) is 0 Å². The summed E-state index contributed by atoms with van der Waals surface area (Å²) in [6.07, 6.45) is -0.913. The third kappa shape index (κ3) is 4.15. The molecule has 5 heteroatoms. The minimum Gasteiger partial charge on any atom is -0.391 e. The van der Waals surface area contributed by atoms with Gasteiger partial charge < -0.3 is 20.5 Å². The first-order valence-corrected chi connectivity index (χ1v) is 5.39. The van der Waals surface area contributed by atoms with Gasteiger partial charge in [-0.05, 0) is 5.92 Å². The molecule has 2 unspecified atom stereocenters. The minimum atomic E-state index is -0.495. The number of carbonyl (C=O) groups excluding carboxylic acids is 1. The van der Waals surface area contributed by atoms with Gasteiger partial charge in [0, 0.05) is 19.6 Å². The summed E-state index contributed by atoms with van der Waals surface area (Å²) in [5.74, 6) is -0.00222. The lowest BCUT2D eigenvalue weighted by atomic mass is 10.1. The van der Waals surface area contributed by atoms with Crippen LogP contribution in [0.25, 0.3) is 0 Å². The Bertz CT molecular complexity index is 203. The first kappa shape index (κ1) is 12.4. The van der Waals surface area contributed by atoms with Gasteiger partial charge in [0.2, 0.25) is 0 Å². The van der Waals surface area contributed by atoms with Crippen LogP contribution >= 0.6 is 0 Å². The zero-order valence-corrected chi connectivity index (χ0v) is 9.32. The van der Waals surface area contributed by atoms with E-state index in [1.54, 1.807) is 0 Å². The Labute approximate surface area is 90.2 Å². The topological polar surface area (TPSA) is 70.6 Å². The van der Waals surface area contributed by atoms with E-state index in [0.717, 1.165) is 6.54 Å². The maximum Gasteiger partial charge on any atom is 0.250 e. The highest BCUT2D eigenvalue weighted by molar-refractivity contribution is 5.81. The van der Waals surface area contributed by atoms with Gasteiger partial charge in [0.25, 0.3) is 5.91 Å². The van der Waals surface area contributed by atoms with Crippen molar-refractivity contribution in [3.8, 4) is 0 Å². The molecule has 1 rings (SSSR count). The van der Waals surface area contributed by atoms with E-state index >= 15 is 0 Å². The summed E-state index contributed by atoms with van der Waals surface area (Å²) in [5, 5.41) is 15.3. The van der Waals surface area contributed by atoms with Crippen molar-refractivity contribution in [3.63, 3.8) is 0 Å². The molecular weight excluding hydrogens is 196 g/mol. The number of aliphatic hydroxyl groups excluding tert-OH is 1.